The fourth-order valence-corrected chi connectivity index (χ4v) is 5.28. The van der Waals surface area contributed by atoms with Gasteiger partial charge in [-0.15, -0.1) is 11.3 Å². The van der Waals surface area contributed by atoms with Crippen molar-refractivity contribution in [2.75, 3.05) is 26.8 Å². The Kier molecular flexibility index (Phi) is 7.25. The Morgan fingerprint density at radius 3 is 2.55 bits per heavy atom. The lowest BCUT2D eigenvalue weighted by molar-refractivity contribution is 0.0698. The molecule has 174 valence electrons. The molecule has 33 heavy (non-hydrogen) atoms. The summed E-state index contributed by atoms with van der Waals surface area (Å²) in [6, 6.07) is 12.0. The molecule has 1 N–H and O–H groups in total. The van der Waals surface area contributed by atoms with E-state index in [1.165, 1.54) is 24.5 Å². The Balaban J connectivity index is 1.39. The lowest BCUT2D eigenvalue weighted by Gasteiger charge is -2.32. The molecule has 4 rings (SSSR count). The molecule has 2 aromatic carbocycles. The molecule has 1 saturated heterocycles. The molecule has 6 nitrogen and oxygen atoms in total. The first-order valence-corrected chi connectivity index (χ1v) is 11.8. The lowest BCUT2D eigenvalue weighted by Crippen LogP contribution is -2.46. The Morgan fingerprint density at radius 2 is 1.88 bits per heavy atom. The highest BCUT2D eigenvalue weighted by atomic mass is 32.1. The Labute approximate surface area is 196 Å². The average Bonchev–Trinajstić information content (AvgIpc) is 3.20. The Hall–Kier alpha value is -2.97. The van der Waals surface area contributed by atoms with Crippen LogP contribution in [-0.2, 0) is 11.3 Å². The van der Waals surface area contributed by atoms with Gasteiger partial charge in [-0.3, -0.25) is 9.59 Å². The molecule has 8 heteroatoms. The van der Waals surface area contributed by atoms with E-state index in [0.717, 1.165) is 10.4 Å². The van der Waals surface area contributed by atoms with Crippen molar-refractivity contribution in [3.8, 4) is 5.75 Å². The highest BCUT2D eigenvalue weighted by molar-refractivity contribution is 7.21. The fraction of sp³-hybridized carbons (Fsp3) is 0.360. The number of ether oxygens (including phenoxy) is 2. The van der Waals surface area contributed by atoms with Gasteiger partial charge in [-0.05, 0) is 56.2 Å². The van der Waals surface area contributed by atoms with E-state index >= 15 is 0 Å². The van der Waals surface area contributed by atoms with Gasteiger partial charge >= 0.3 is 0 Å². The van der Waals surface area contributed by atoms with Crippen molar-refractivity contribution in [1.29, 1.82) is 0 Å². The fourth-order valence-electron chi connectivity index (χ4n) is 4.15. The van der Waals surface area contributed by atoms with Gasteiger partial charge in [0.05, 0.1) is 18.1 Å². The van der Waals surface area contributed by atoms with Crippen molar-refractivity contribution in [2.24, 2.45) is 0 Å². The smallest absolute Gasteiger partial charge is 0.261 e. The minimum atomic E-state index is -0.351. The Bertz CT molecular complexity index is 1140. The van der Waals surface area contributed by atoms with Crippen LogP contribution in [0.15, 0.2) is 42.5 Å². The first-order chi connectivity index (χ1) is 16.0. The highest BCUT2D eigenvalue weighted by Gasteiger charge is 2.27. The third-order valence-corrected chi connectivity index (χ3v) is 6.98. The summed E-state index contributed by atoms with van der Waals surface area (Å²) in [6.07, 6.45) is 1.32. The number of fused-ring (bicyclic) bond motifs is 1. The third kappa shape index (κ3) is 5.02. The normalized spacial score (nSPS) is 14.5. The molecule has 1 aromatic heterocycles. The van der Waals surface area contributed by atoms with E-state index in [0.29, 0.717) is 53.9 Å². The molecule has 2 amide bonds. The molecule has 0 unspecified atom stereocenters. The van der Waals surface area contributed by atoms with Crippen LogP contribution < -0.4 is 10.1 Å². The number of rotatable bonds is 7. The monoisotopic (exact) mass is 470 g/mol. The molecule has 0 radical (unpaired) electrons. The van der Waals surface area contributed by atoms with Crippen LogP contribution in [-0.4, -0.2) is 49.6 Å². The average molecular weight is 471 g/mol. The number of thiophene rings is 1. The number of methoxy groups -OCH3 is 1. The standard InChI is InChI=1S/C25H27FN2O4S/c1-3-32-18-9-7-16(8-10-18)25(30)28-13-11-17(12-14-28)27-24(29)23-19(15-31-2)22-20(26)5-4-6-21(22)33-23/h4-10,17H,3,11-15H2,1-2H3,(H,27,29). The van der Waals surface area contributed by atoms with Crippen molar-refractivity contribution >= 4 is 33.2 Å². The third-order valence-electron chi connectivity index (χ3n) is 5.79. The minimum Gasteiger partial charge on any atom is -0.494 e. The van der Waals surface area contributed by atoms with Gasteiger partial charge in [0.25, 0.3) is 11.8 Å². The van der Waals surface area contributed by atoms with Crippen LogP contribution in [0.5, 0.6) is 5.75 Å². The summed E-state index contributed by atoms with van der Waals surface area (Å²) in [6.45, 7) is 3.78. The Morgan fingerprint density at radius 1 is 1.15 bits per heavy atom. The van der Waals surface area contributed by atoms with Crippen molar-refractivity contribution in [2.45, 2.75) is 32.4 Å². The molecule has 0 bridgehead atoms. The van der Waals surface area contributed by atoms with Crippen molar-refractivity contribution in [3.05, 3.63) is 64.3 Å². The number of hydrogen-bond acceptors (Lipinski definition) is 5. The molecular formula is C25H27FN2O4S. The second-order valence-electron chi connectivity index (χ2n) is 7.95. The first kappa shape index (κ1) is 23.2. The van der Waals surface area contributed by atoms with E-state index in [9.17, 15) is 14.0 Å². The maximum absolute atomic E-state index is 14.4. The predicted octanol–water partition coefficient (Wildman–Crippen LogP) is 4.62. The largest absolute Gasteiger partial charge is 0.494 e. The number of carbonyl (C=O) groups excluding carboxylic acids is 2. The van der Waals surface area contributed by atoms with Crippen LogP contribution in [0.4, 0.5) is 4.39 Å². The summed E-state index contributed by atoms with van der Waals surface area (Å²) in [5.41, 5.74) is 1.20. The molecule has 0 aliphatic carbocycles. The van der Waals surface area contributed by atoms with E-state index < -0.39 is 0 Å². The number of hydrogen-bond donors (Lipinski definition) is 1. The van der Waals surface area contributed by atoms with Crippen LogP contribution in [0.3, 0.4) is 0 Å². The van der Waals surface area contributed by atoms with Crippen LogP contribution in [0.2, 0.25) is 0 Å². The van der Waals surface area contributed by atoms with Gasteiger partial charge in [0, 0.05) is 47.5 Å². The van der Waals surface area contributed by atoms with E-state index in [1.54, 1.807) is 30.3 Å². The SMILES string of the molecule is CCOc1ccc(C(=O)N2CCC(NC(=O)c3sc4cccc(F)c4c3COC)CC2)cc1. The van der Waals surface area contributed by atoms with Gasteiger partial charge in [-0.2, -0.15) is 0 Å². The highest BCUT2D eigenvalue weighted by Crippen LogP contribution is 2.34. The summed E-state index contributed by atoms with van der Waals surface area (Å²) in [7, 11) is 1.53. The second-order valence-corrected chi connectivity index (χ2v) is 9.01. The maximum Gasteiger partial charge on any atom is 0.261 e. The topological polar surface area (TPSA) is 67.9 Å². The molecule has 0 spiro atoms. The van der Waals surface area contributed by atoms with Gasteiger partial charge in [-0.1, -0.05) is 6.07 Å². The number of likely N-dealkylation sites (tertiary alicyclic amines) is 1. The van der Waals surface area contributed by atoms with E-state index in [1.807, 2.05) is 17.9 Å². The number of benzene rings is 2. The van der Waals surface area contributed by atoms with Crippen molar-refractivity contribution in [1.82, 2.24) is 10.2 Å². The minimum absolute atomic E-state index is 0.0230. The summed E-state index contributed by atoms with van der Waals surface area (Å²) in [5, 5.41) is 3.52. The quantitative estimate of drug-likeness (QED) is 0.547. The maximum atomic E-state index is 14.4. The number of piperidine rings is 1. The number of carbonyl (C=O) groups is 2. The first-order valence-electron chi connectivity index (χ1n) is 11.0. The van der Waals surface area contributed by atoms with Gasteiger partial charge in [-0.25, -0.2) is 4.39 Å². The van der Waals surface area contributed by atoms with Gasteiger partial charge in [0.15, 0.2) is 0 Å². The molecular weight excluding hydrogens is 443 g/mol. The zero-order valence-electron chi connectivity index (χ0n) is 18.7. The molecule has 2 heterocycles. The lowest BCUT2D eigenvalue weighted by atomic mass is 10.0. The predicted molar refractivity (Wildman–Crippen MR) is 126 cm³/mol. The van der Waals surface area contributed by atoms with Crippen LogP contribution >= 0.6 is 11.3 Å². The summed E-state index contributed by atoms with van der Waals surface area (Å²) in [5.74, 6) is 0.143. The molecule has 1 fully saturated rings. The summed E-state index contributed by atoms with van der Waals surface area (Å²) in [4.78, 5) is 28.1. The van der Waals surface area contributed by atoms with Crippen LogP contribution in [0.1, 0.15) is 45.4 Å². The number of amides is 2. The van der Waals surface area contributed by atoms with E-state index in [4.69, 9.17) is 9.47 Å². The van der Waals surface area contributed by atoms with Gasteiger partial charge in [0.2, 0.25) is 0 Å². The second kappa shape index (κ2) is 10.3. The van der Waals surface area contributed by atoms with E-state index in [-0.39, 0.29) is 30.3 Å². The number of nitrogens with one attached hydrogen (secondary N) is 1. The molecule has 1 aliphatic heterocycles. The molecule has 3 aromatic rings. The summed E-state index contributed by atoms with van der Waals surface area (Å²) < 4.78 is 25.8. The summed E-state index contributed by atoms with van der Waals surface area (Å²) >= 11 is 1.28. The van der Waals surface area contributed by atoms with Crippen LogP contribution in [0.25, 0.3) is 10.1 Å². The molecule has 0 atom stereocenters. The zero-order chi connectivity index (χ0) is 23.4. The van der Waals surface area contributed by atoms with Crippen LogP contribution in [0, 0.1) is 5.82 Å². The van der Waals surface area contributed by atoms with Gasteiger partial charge < -0.3 is 19.7 Å². The van der Waals surface area contributed by atoms with Crippen molar-refractivity contribution < 1.29 is 23.5 Å². The zero-order valence-corrected chi connectivity index (χ0v) is 19.5. The van der Waals surface area contributed by atoms with Gasteiger partial charge in [0.1, 0.15) is 11.6 Å². The van der Waals surface area contributed by atoms with Crippen molar-refractivity contribution in [3.63, 3.8) is 0 Å². The number of halogens is 1. The molecule has 0 saturated carbocycles. The number of nitrogens with zero attached hydrogens (tertiary/aromatic N) is 1. The van der Waals surface area contributed by atoms with E-state index in [2.05, 4.69) is 5.32 Å². The molecule has 1 aliphatic rings.